The van der Waals surface area contributed by atoms with E-state index in [4.69, 9.17) is 9.47 Å². The fourth-order valence-corrected chi connectivity index (χ4v) is 2.20. The molecule has 2 rings (SSSR count). The Kier molecular flexibility index (Phi) is 4.30. The van der Waals surface area contributed by atoms with E-state index in [1.165, 1.54) is 0 Å². The van der Waals surface area contributed by atoms with E-state index < -0.39 is 6.16 Å². The van der Waals surface area contributed by atoms with Crippen LogP contribution in [0.1, 0.15) is 19.5 Å². The topological polar surface area (TPSA) is 69.5 Å². The molecular weight excluding hydrogens is 272 g/mol. The Morgan fingerprint density at radius 3 is 2.67 bits per heavy atom. The second kappa shape index (κ2) is 5.99. The highest BCUT2D eigenvalue weighted by Gasteiger charge is 2.21. The first-order valence-electron chi connectivity index (χ1n) is 6.87. The lowest BCUT2D eigenvalue weighted by Crippen LogP contribution is -2.17. The number of ether oxygens (including phenoxy) is 2. The zero-order valence-electron chi connectivity index (χ0n) is 13.0. The van der Waals surface area contributed by atoms with Crippen LogP contribution in [0.2, 0.25) is 0 Å². The monoisotopic (exact) mass is 292 g/mol. The fraction of sp³-hybridized carbons (Fsp3) is 0.500. The van der Waals surface area contributed by atoms with E-state index in [1.807, 2.05) is 30.6 Å². The number of aryl methyl sites for hydroxylation is 2. The van der Waals surface area contributed by atoms with Gasteiger partial charge in [-0.15, -0.1) is 0 Å². The van der Waals surface area contributed by atoms with Crippen LogP contribution in [0.25, 0.3) is 11.0 Å². The summed E-state index contributed by atoms with van der Waals surface area (Å²) >= 11 is 0. The molecule has 0 saturated carbocycles. The maximum atomic E-state index is 11.6. The number of carbonyl (C=O) groups excluding carboxylic acids is 1. The van der Waals surface area contributed by atoms with Gasteiger partial charge in [-0.05, 0) is 20.8 Å². The molecule has 0 spiro atoms. The molecule has 0 saturated heterocycles. The second-order valence-electron chi connectivity index (χ2n) is 4.75. The molecule has 114 valence electrons. The summed E-state index contributed by atoms with van der Waals surface area (Å²) in [5.41, 5.74) is 2.16. The van der Waals surface area contributed by atoms with Gasteiger partial charge in [0, 0.05) is 20.6 Å². The van der Waals surface area contributed by atoms with E-state index in [9.17, 15) is 4.79 Å². The van der Waals surface area contributed by atoms with E-state index in [0.29, 0.717) is 11.4 Å². The van der Waals surface area contributed by atoms with Crippen molar-refractivity contribution in [1.29, 1.82) is 0 Å². The van der Waals surface area contributed by atoms with Crippen molar-refractivity contribution >= 4 is 22.9 Å². The molecule has 0 aliphatic rings. The highest BCUT2D eigenvalue weighted by atomic mass is 16.7. The molecule has 7 heteroatoms. The Labute approximate surface area is 123 Å². The number of fused-ring (bicyclic) bond motifs is 1. The molecule has 2 aromatic heterocycles. The van der Waals surface area contributed by atoms with Gasteiger partial charge >= 0.3 is 6.16 Å². The van der Waals surface area contributed by atoms with Gasteiger partial charge in [0.15, 0.2) is 11.4 Å². The van der Waals surface area contributed by atoms with E-state index in [-0.39, 0.29) is 6.61 Å². The quantitative estimate of drug-likeness (QED) is 0.806. The molecule has 0 fully saturated rings. The first-order chi connectivity index (χ1) is 9.99. The summed E-state index contributed by atoms with van der Waals surface area (Å²) in [4.78, 5) is 18.0. The van der Waals surface area contributed by atoms with Gasteiger partial charge in [-0.25, -0.2) is 14.5 Å². The third-order valence-electron chi connectivity index (χ3n) is 3.08. The summed E-state index contributed by atoms with van der Waals surface area (Å²) in [6.45, 7) is 6.52. The minimum atomic E-state index is -0.729. The molecule has 2 aromatic rings. The van der Waals surface area contributed by atoms with Gasteiger partial charge in [-0.3, -0.25) is 0 Å². The minimum Gasteiger partial charge on any atom is -0.434 e. The van der Waals surface area contributed by atoms with Gasteiger partial charge < -0.3 is 14.4 Å². The number of rotatable bonds is 4. The molecule has 0 aliphatic carbocycles. The molecule has 0 unspecified atom stereocenters. The lowest BCUT2D eigenvalue weighted by Gasteiger charge is -2.19. The van der Waals surface area contributed by atoms with Crippen molar-refractivity contribution in [3.8, 4) is 5.75 Å². The van der Waals surface area contributed by atoms with Crippen molar-refractivity contribution in [1.82, 2.24) is 14.8 Å². The van der Waals surface area contributed by atoms with Crippen LogP contribution in [0.3, 0.4) is 0 Å². The standard InChI is InChI=1S/C14H20N4O3/c1-6-18-13-10(8-15-18)11(17(4)5)12(9(3)16-13)21-14(19)20-7-2/h8H,6-7H2,1-5H3. The van der Waals surface area contributed by atoms with E-state index in [0.717, 1.165) is 23.3 Å². The van der Waals surface area contributed by atoms with Gasteiger partial charge in [0.05, 0.1) is 29.6 Å². The molecule has 2 heterocycles. The van der Waals surface area contributed by atoms with Gasteiger partial charge in [-0.1, -0.05) is 0 Å². The Hall–Kier alpha value is -2.31. The SMILES string of the molecule is CCOC(=O)Oc1c(C)nc2c(cnn2CC)c1N(C)C. The predicted octanol–water partition coefficient (Wildman–Crippen LogP) is 2.36. The largest absolute Gasteiger partial charge is 0.513 e. The van der Waals surface area contributed by atoms with Crippen LogP contribution >= 0.6 is 0 Å². The lowest BCUT2D eigenvalue weighted by atomic mass is 10.2. The van der Waals surface area contributed by atoms with Crippen molar-refractivity contribution in [3.05, 3.63) is 11.9 Å². The Bertz CT molecular complexity index is 664. The number of carbonyl (C=O) groups is 1. The van der Waals surface area contributed by atoms with E-state index >= 15 is 0 Å². The molecule has 7 nitrogen and oxygen atoms in total. The van der Waals surface area contributed by atoms with Gasteiger partial charge in [0.25, 0.3) is 0 Å². The van der Waals surface area contributed by atoms with Gasteiger partial charge in [0.2, 0.25) is 0 Å². The van der Waals surface area contributed by atoms with Crippen molar-refractivity contribution in [3.63, 3.8) is 0 Å². The summed E-state index contributed by atoms with van der Waals surface area (Å²) in [5.74, 6) is 0.404. The van der Waals surface area contributed by atoms with E-state index in [2.05, 4.69) is 10.1 Å². The van der Waals surface area contributed by atoms with Gasteiger partial charge in [-0.2, -0.15) is 5.10 Å². The molecule has 0 N–H and O–H groups in total. The number of hydrogen-bond donors (Lipinski definition) is 0. The van der Waals surface area contributed by atoms with E-state index in [1.54, 1.807) is 20.0 Å². The highest BCUT2D eigenvalue weighted by molar-refractivity contribution is 5.94. The molecule has 0 aliphatic heterocycles. The number of pyridine rings is 1. The molecule has 0 aromatic carbocycles. The molecule has 0 radical (unpaired) electrons. The zero-order chi connectivity index (χ0) is 15.6. The summed E-state index contributed by atoms with van der Waals surface area (Å²) in [6, 6.07) is 0. The maximum Gasteiger partial charge on any atom is 0.513 e. The van der Waals surface area contributed by atoms with Crippen LogP contribution in [-0.2, 0) is 11.3 Å². The zero-order valence-corrected chi connectivity index (χ0v) is 13.0. The lowest BCUT2D eigenvalue weighted by molar-refractivity contribution is 0.104. The summed E-state index contributed by atoms with van der Waals surface area (Å²) in [6.07, 6.45) is 1.01. The van der Waals surface area contributed by atoms with Crippen LogP contribution in [0.5, 0.6) is 5.75 Å². The van der Waals surface area contributed by atoms with Crippen molar-refractivity contribution in [2.24, 2.45) is 0 Å². The molecule has 21 heavy (non-hydrogen) atoms. The minimum absolute atomic E-state index is 0.263. The third-order valence-corrected chi connectivity index (χ3v) is 3.08. The number of anilines is 1. The number of hydrogen-bond acceptors (Lipinski definition) is 6. The van der Waals surface area contributed by atoms with Crippen molar-refractivity contribution < 1.29 is 14.3 Å². The van der Waals surface area contributed by atoms with Crippen LogP contribution in [-0.4, -0.2) is 41.6 Å². The summed E-state index contributed by atoms with van der Waals surface area (Å²) in [5, 5.41) is 5.15. The molecule has 0 bridgehead atoms. The van der Waals surface area contributed by atoms with Crippen molar-refractivity contribution in [2.75, 3.05) is 25.6 Å². The molecule has 0 atom stereocenters. The molecule has 0 amide bonds. The fourth-order valence-electron chi connectivity index (χ4n) is 2.20. The Morgan fingerprint density at radius 2 is 2.10 bits per heavy atom. The second-order valence-corrected chi connectivity index (χ2v) is 4.75. The van der Waals surface area contributed by atoms with Crippen LogP contribution in [0.15, 0.2) is 6.20 Å². The number of aromatic nitrogens is 3. The Morgan fingerprint density at radius 1 is 1.38 bits per heavy atom. The maximum absolute atomic E-state index is 11.6. The predicted molar refractivity (Wildman–Crippen MR) is 79.9 cm³/mol. The van der Waals surface area contributed by atoms with Crippen molar-refractivity contribution in [2.45, 2.75) is 27.3 Å². The first-order valence-corrected chi connectivity index (χ1v) is 6.87. The average Bonchev–Trinajstić information content (AvgIpc) is 2.81. The number of nitrogens with zero attached hydrogens (tertiary/aromatic N) is 4. The van der Waals surface area contributed by atoms with Crippen LogP contribution in [0.4, 0.5) is 10.5 Å². The Balaban J connectivity index is 2.61. The summed E-state index contributed by atoms with van der Waals surface area (Å²) < 4.78 is 12.0. The summed E-state index contributed by atoms with van der Waals surface area (Å²) in [7, 11) is 3.77. The first kappa shape index (κ1) is 15.1. The average molecular weight is 292 g/mol. The normalized spacial score (nSPS) is 10.7. The third kappa shape index (κ3) is 2.76. The molecular formula is C14H20N4O3. The highest BCUT2D eigenvalue weighted by Crippen LogP contribution is 2.36. The van der Waals surface area contributed by atoms with Gasteiger partial charge in [0.1, 0.15) is 0 Å². The van der Waals surface area contributed by atoms with Crippen LogP contribution < -0.4 is 9.64 Å². The smallest absolute Gasteiger partial charge is 0.434 e. The van der Waals surface area contributed by atoms with Crippen LogP contribution in [0, 0.1) is 6.92 Å².